The number of phenolic OH excluding ortho intramolecular Hbond substituents is 1. The van der Waals surface area contributed by atoms with Crippen LogP contribution in [0.25, 0.3) is 10.8 Å². The Morgan fingerprint density at radius 3 is 2.21 bits per heavy atom. The molecule has 4 aromatic carbocycles. The molecular weight excluding hydrogens is 574 g/mol. The molecule has 7 nitrogen and oxygen atoms in total. The Kier molecular flexibility index (Phi) is 6.59. The number of rotatable bonds is 5. The highest BCUT2D eigenvalue weighted by Crippen LogP contribution is 2.40. The van der Waals surface area contributed by atoms with Gasteiger partial charge in [0.15, 0.2) is 5.75 Å². The first-order chi connectivity index (χ1) is 15.8. The highest BCUT2D eigenvalue weighted by Gasteiger charge is 2.19. The molecular formula is C23H15Br2N3O4S. The molecule has 2 N–H and O–H groups in total. The van der Waals surface area contributed by atoms with Crippen LogP contribution in [0.15, 0.2) is 103 Å². The topological polar surface area (TPSA) is 108 Å². The van der Waals surface area contributed by atoms with Crippen molar-refractivity contribution in [3.8, 4) is 5.75 Å². The van der Waals surface area contributed by atoms with Crippen LogP contribution in [0.1, 0.15) is 10.4 Å². The third kappa shape index (κ3) is 4.97. The van der Waals surface area contributed by atoms with E-state index in [2.05, 4.69) is 46.8 Å². The second-order valence-electron chi connectivity index (χ2n) is 6.88. The van der Waals surface area contributed by atoms with E-state index in [1.165, 1.54) is 18.2 Å². The molecule has 0 radical (unpaired) electrons. The predicted octanol–water partition coefficient (Wildman–Crippen LogP) is 6.80. The van der Waals surface area contributed by atoms with Crippen LogP contribution in [0.5, 0.6) is 5.75 Å². The summed E-state index contributed by atoms with van der Waals surface area (Å²) in [4.78, 5) is 12.5. The lowest BCUT2D eigenvalue weighted by molar-refractivity contribution is 0.0994. The number of sulfonamides is 1. The van der Waals surface area contributed by atoms with Gasteiger partial charge in [0, 0.05) is 19.7 Å². The zero-order valence-electron chi connectivity index (χ0n) is 16.7. The molecule has 0 heterocycles. The van der Waals surface area contributed by atoms with Crippen molar-refractivity contribution in [3.63, 3.8) is 0 Å². The fourth-order valence-corrected chi connectivity index (χ4v) is 4.90. The lowest BCUT2D eigenvalue weighted by Crippen LogP contribution is -2.13. The van der Waals surface area contributed by atoms with E-state index in [9.17, 15) is 18.3 Å². The van der Waals surface area contributed by atoms with Crippen molar-refractivity contribution < 1.29 is 18.3 Å². The Morgan fingerprint density at radius 1 is 0.879 bits per heavy atom. The molecule has 33 heavy (non-hydrogen) atoms. The molecule has 0 bridgehead atoms. The standard InChI is InChI=1S/C23H15Br2N3O4S/c24-14-9-11-15(12-10-14)33(31,32)28-20-13-21(22(29)17-6-2-1-5-16(17)20)26-27-23(30)18-7-3-4-8-19(18)25/h1-13,28-29H. The fraction of sp³-hybridized carbons (Fsp3) is 0. The maximum Gasteiger partial charge on any atom is 0.296 e. The summed E-state index contributed by atoms with van der Waals surface area (Å²) in [5.41, 5.74) is 0.439. The van der Waals surface area contributed by atoms with Crippen molar-refractivity contribution in [1.29, 1.82) is 0 Å². The summed E-state index contributed by atoms with van der Waals surface area (Å²) in [5.74, 6) is -0.840. The Hall–Kier alpha value is -3.08. The smallest absolute Gasteiger partial charge is 0.296 e. The van der Waals surface area contributed by atoms with Gasteiger partial charge in [-0.3, -0.25) is 9.52 Å². The number of phenols is 1. The first-order valence-electron chi connectivity index (χ1n) is 9.50. The van der Waals surface area contributed by atoms with Crippen molar-refractivity contribution in [1.82, 2.24) is 0 Å². The number of azo groups is 1. The summed E-state index contributed by atoms with van der Waals surface area (Å²) >= 11 is 6.57. The number of hydrogen-bond acceptors (Lipinski definition) is 5. The molecule has 0 aromatic heterocycles. The number of anilines is 1. The molecule has 0 aliphatic rings. The van der Waals surface area contributed by atoms with Gasteiger partial charge in [-0.2, -0.15) is 0 Å². The minimum Gasteiger partial charge on any atom is -0.505 e. The lowest BCUT2D eigenvalue weighted by Gasteiger charge is -2.13. The average molecular weight is 589 g/mol. The number of halogens is 2. The summed E-state index contributed by atoms with van der Waals surface area (Å²) in [6.45, 7) is 0. The highest BCUT2D eigenvalue weighted by molar-refractivity contribution is 9.10. The van der Waals surface area contributed by atoms with Crippen molar-refractivity contribution in [2.75, 3.05) is 4.72 Å². The van der Waals surface area contributed by atoms with Gasteiger partial charge < -0.3 is 5.11 Å². The SMILES string of the molecule is O=C(N=Nc1cc(NS(=O)(=O)c2ccc(Br)cc2)c2ccccc2c1O)c1ccccc1Br. The molecule has 4 aromatic rings. The largest absolute Gasteiger partial charge is 0.505 e. The van der Waals surface area contributed by atoms with Gasteiger partial charge >= 0.3 is 0 Å². The van der Waals surface area contributed by atoms with E-state index in [1.54, 1.807) is 60.7 Å². The van der Waals surface area contributed by atoms with Crippen LogP contribution >= 0.6 is 31.9 Å². The van der Waals surface area contributed by atoms with Crippen molar-refractivity contribution in [3.05, 3.63) is 93.4 Å². The Morgan fingerprint density at radius 2 is 1.52 bits per heavy atom. The van der Waals surface area contributed by atoms with E-state index in [0.717, 1.165) is 4.47 Å². The number of fused-ring (bicyclic) bond motifs is 1. The van der Waals surface area contributed by atoms with Crippen LogP contribution in [-0.4, -0.2) is 19.4 Å². The number of nitrogens with zero attached hydrogens (tertiary/aromatic N) is 2. The first kappa shape index (κ1) is 23.1. The molecule has 1 amide bonds. The molecule has 10 heteroatoms. The molecule has 4 rings (SSSR count). The summed E-state index contributed by atoms with van der Waals surface area (Å²) in [7, 11) is -3.93. The molecule has 0 saturated carbocycles. The quantitative estimate of drug-likeness (QED) is 0.197. The zero-order valence-corrected chi connectivity index (χ0v) is 20.7. The molecule has 0 unspecified atom stereocenters. The van der Waals surface area contributed by atoms with Crippen LogP contribution in [-0.2, 0) is 10.0 Å². The van der Waals surface area contributed by atoms with E-state index in [-0.39, 0.29) is 22.0 Å². The summed E-state index contributed by atoms with van der Waals surface area (Å²) in [6.07, 6.45) is 0. The first-order valence-corrected chi connectivity index (χ1v) is 12.6. The molecule has 0 aliphatic heterocycles. The monoisotopic (exact) mass is 587 g/mol. The summed E-state index contributed by atoms with van der Waals surface area (Å²) in [5, 5.41) is 19.1. The second-order valence-corrected chi connectivity index (χ2v) is 10.3. The highest BCUT2D eigenvalue weighted by atomic mass is 79.9. The molecule has 166 valence electrons. The number of amides is 1. The van der Waals surface area contributed by atoms with Gasteiger partial charge in [0.25, 0.3) is 15.9 Å². The molecule has 0 atom stereocenters. The van der Waals surface area contributed by atoms with Crippen LogP contribution in [0.2, 0.25) is 0 Å². The Balaban J connectivity index is 1.76. The minimum atomic E-state index is -3.93. The van der Waals surface area contributed by atoms with Crippen LogP contribution in [0.4, 0.5) is 11.4 Å². The van der Waals surface area contributed by atoms with Gasteiger partial charge in [-0.1, -0.05) is 52.3 Å². The number of nitrogens with one attached hydrogen (secondary N) is 1. The van der Waals surface area contributed by atoms with E-state index in [4.69, 9.17) is 0 Å². The third-order valence-corrected chi connectivity index (χ3v) is 7.32. The summed E-state index contributed by atoms with van der Waals surface area (Å²) in [6, 6.07) is 21.0. The minimum absolute atomic E-state index is 0.0531. The van der Waals surface area contributed by atoms with E-state index < -0.39 is 15.9 Å². The average Bonchev–Trinajstić information content (AvgIpc) is 2.80. The molecule has 0 saturated heterocycles. The molecule has 0 spiro atoms. The van der Waals surface area contributed by atoms with Crippen molar-refractivity contribution in [2.45, 2.75) is 4.90 Å². The maximum atomic E-state index is 12.9. The number of benzene rings is 4. The Labute approximate surface area is 206 Å². The number of carbonyl (C=O) groups excluding carboxylic acids is 1. The Bertz CT molecular complexity index is 1500. The normalized spacial score (nSPS) is 11.7. The number of hydrogen-bond donors (Lipinski definition) is 2. The van der Waals surface area contributed by atoms with E-state index in [1.807, 2.05) is 0 Å². The van der Waals surface area contributed by atoms with E-state index in [0.29, 0.717) is 20.8 Å². The van der Waals surface area contributed by atoms with Gasteiger partial charge in [0.1, 0.15) is 5.69 Å². The molecule has 0 aliphatic carbocycles. The van der Waals surface area contributed by atoms with Crippen LogP contribution in [0, 0.1) is 0 Å². The second kappa shape index (κ2) is 9.42. The lowest BCUT2D eigenvalue weighted by atomic mass is 10.1. The van der Waals surface area contributed by atoms with Gasteiger partial charge in [0.05, 0.1) is 16.1 Å². The summed E-state index contributed by atoms with van der Waals surface area (Å²) < 4.78 is 29.7. The van der Waals surface area contributed by atoms with Crippen molar-refractivity contribution >= 4 is 69.9 Å². The van der Waals surface area contributed by atoms with E-state index >= 15 is 0 Å². The third-order valence-electron chi connectivity index (χ3n) is 4.72. The van der Waals surface area contributed by atoms with Crippen LogP contribution < -0.4 is 4.72 Å². The zero-order chi connectivity index (χ0) is 23.6. The predicted molar refractivity (Wildman–Crippen MR) is 134 cm³/mol. The fourth-order valence-electron chi connectivity index (χ4n) is 3.11. The van der Waals surface area contributed by atoms with Gasteiger partial charge in [0.2, 0.25) is 0 Å². The van der Waals surface area contributed by atoms with Crippen molar-refractivity contribution in [2.24, 2.45) is 10.2 Å². The van der Waals surface area contributed by atoms with Gasteiger partial charge in [-0.05, 0) is 58.4 Å². The maximum absolute atomic E-state index is 12.9. The molecule has 0 fully saturated rings. The number of aromatic hydroxyl groups is 1. The van der Waals surface area contributed by atoms with Crippen LogP contribution in [0.3, 0.4) is 0 Å². The number of carbonyl (C=O) groups is 1. The van der Waals surface area contributed by atoms with Gasteiger partial charge in [-0.25, -0.2) is 8.42 Å². The van der Waals surface area contributed by atoms with Gasteiger partial charge in [-0.15, -0.1) is 10.2 Å².